The second kappa shape index (κ2) is 13.6. The van der Waals surface area contributed by atoms with Gasteiger partial charge in [0.2, 0.25) is 0 Å². The Morgan fingerprint density at radius 2 is 0.971 bits per heavy atom. The molecule has 3 aromatic rings. The minimum atomic E-state index is -0.195. The van der Waals surface area contributed by atoms with Crippen LogP contribution in [0.2, 0.25) is 0 Å². The fourth-order valence-corrected chi connectivity index (χ4v) is 5.77. The van der Waals surface area contributed by atoms with E-state index >= 15 is 0 Å². The highest BCUT2D eigenvalue weighted by Crippen LogP contribution is 2.34. The first kappa shape index (κ1) is 25.7. The number of unbranched alkanes of at least 4 members (excludes halogenated alkanes) is 2. The van der Waals surface area contributed by atoms with Crippen LogP contribution in [-0.2, 0) is 12.8 Å². The summed E-state index contributed by atoms with van der Waals surface area (Å²) >= 11 is 0. The second-order valence-corrected chi connectivity index (χ2v) is 10.7. The lowest BCUT2D eigenvalue weighted by Gasteiger charge is -2.28. The maximum atomic E-state index is 12.2. The van der Waals surface area contributed by atoms with Crippen molar-refractivity contribution in [3.05, 3.63) is 83.9 Å². The van der Waals surface area contributed by atoms with Gasteiger partial charge in [-0.05, 0) is 77.3 Å². The molecule has 1 saturated carbocycles. The predicted molar refractivity (Wildman–Crippen MR) is 150 cm³/mol. The number of hydrogen-bond acceptors (Lipinski definition) is 0. The van der Waals surface area contributed by atoms with Crippen molar-refractivity contribution < 1.29 is 4.39 Å². The van der Waals surface area contributed by atoms with E-state index in [9.17, 15) is 4.39 Å². The molecular weight excluding hydrogens is 427 g/mol. The number of alkyl halides is 1. The molecule has 1 aliphatic rings. The summed E-state index contributed by atoms with van der Waals surface area (Å²) in [5, 5.41) is 0. The maximum absolute atomic E-state index is 12.2. The molecule has 0 atom stereocenters. The molecule has 186 valence electrons. The Bertz CT molecular complexity index is 976. The first-order valence-electron chi connectivity index (χ1n) is 14.1. The van der Waals surface area contributed by atoms with Gasteiger partial charge in [-0.25, -0.2) is 0 Å². The zero-order valence-electron chi connectivity index (χ0n) is 21.7. The number of benzene rings is 3. The first-order chi connectivity index (χ1) is 17.2. The van der Waals surface area contributed by atoms with Crippen molar-refractivity contribution in [1.82, 2.24) is 0 Å². The van der Waals surface area contributed by atoms with Crippen molar-refractivity contribution in [3.63, 3.8) is 0 Å². The Hall–Kier alpha value is -2.41. The molecule has 0 radical (unpaired) electrons. The standard InChI is InChI=1S/C34H43F/c1-2-6-27-8-10-29(11-9-27)12-13-30-16-20-32(21-17-30)34-24-22-33(23-25-34)31-18-14-28(15-19-31)7-4-3-5-26-35/h14-25,27,29H,2-13,26H2,1H3. The molecule has 0 spiro atoms. The van der Waals surface area contributed by atoms with Crippen molar-refractivity contribution in [2.24, 2.45) is 11.8 Å². The lowest BCUT2D eigenvalue weighted by Crippen LogP contribution is -2.15. The normalized spacial score (nSPS) is 18.0. The van der Waals surface area contributed by atoms with Crippen LogP contribution in [0.4, 0.5) is 4.39 Å². The molecule has 1 aliphatic carbocycles. The van der Waals surface area contributed by atoms with E-state index in [1.54, 1.807) is 0 Å². The van der Waals surface area contributed by atoms with Gasteiger partial charge in [0.25, 0.3) is 0 Å². The molecule has 0 bridgehead atoms. The minimum Gasteiger partial charge on any atom is -0.251 e. The van der Waals surface area contributed by atoms with E-state index in [1.165, 1.54) is 84.7 Å². The molecule has 0 aliphatic heterocycles. The lowest BCUT2D eigenvalue weighted by molar-refractivity contribution is 0.252. The molecule has 0 unspecified atom stereocenters. The van der Waals surface area contributed by atoms with Gasteiger partial charge in [0.05, 0.1) is 6.67 Å². The van der Waals surface area contributed by atoms with Gasteiger partial charge in [0, 0.05) is 0 Å². The van der Waals surface area contributed by atoms with E-state index in [0.29, 0.717) is 6.42 Å². The zero-order chi connectivity index (χ0) is 24.3. The van der Waals surface area contributed by atoms with Crippen molar-refractivity contribution >= 4 is 0 Å². The third kappa shape index (κ3) is 7.79. The average Bonchev–Trinajstić information content (AvgIpc) is 2.92. The van der Waals surface area contributed by atoms with Crippen LogP contribution in [0.25, 0.3) is 22.3 Å². The largest absolute Gasteiger partial charge is 0.251 e. The van der Waals surface area contributed by atoms with Crippen LogP contribution >= 0.6 is 0 Å². The fraction of sp³-hybridized carbons (Fsp3) is 0.471. The van der Waals surface area contributed by atoms with Gasteiger partial charge < -0.3 is 0 Å². The zero-order valence-corrected chi connectivity index (χ0v) is 21.7. The Kier molecular flexibility index (Phi) is 9.99. The summed E-state index contributed by atoms with van der Waals surface area (Å²) < 4.78 is 12.2. The van der Waals surface area contributed by atoms with E-state index in [-0.39, 0.29) is 6.67 Å². The fourth-order valence-electron chi connectivity index (χ4n) is 5.77. The highest BCUT2D eigenvalue weighted by molar-refractivity contribution is 5.70. The molecule has 0 heterocycles. The summed E-state index contributed by atoms with van der Waals surface area (Å²) in [6, 6.07) is 27.0. The lowest BCUT2D eigenvalue weighted by atomic mass is 9.78. The second-order valence-electron chi connectivity index (χ2n) is 10.7. The predicted octanol–water partition coefficient (Wildman–Crippen LogP) is 10.2. The Labute approximate surface area is 213 Å². The summed E-state index contributed by atoms with van der Waals surface area (Å²) in [6.07, 6.45) is 14.9. The van der Waals surface area contributed by atoms with Crippen LogP contribution in [0, 0.1) is 11.8 Å². The third-order valence-corrected chi connectivity index (χ3v) is 8.06. The Morgan fingerprint density at radius 3 is 1.43 bits per heavy atom. The number of hydrogen-bond donors (Lipinski definition) is 0. The molecule has 0 saturated heterocycles. The van der Waals surface area contributed by atoms with Gasteiger partial charge in [0.1, 0.15) is 0 Å². The van der Waals surface area contributed by atoms with Gasteiger partial charge >= 0.3 is 0 Å². The van der Waals surface area contributed by atoms with Crippen LogP contribution < -0.4 is 0 Å². The van der Waals surface area contributed by atoms with Crippen molar-refractivity contribution in [2.45, 2.75) is 84.0 Å². The number of aryl methyl sites for hydroxylation is 2. The summed E-state index contributed by atoms with van der Waals surface area (Å²) in [5.41, 5.74) is 7.90. The van der Waals surface area contributed by atoms with Crippen LogP contribution in [0.5, 0.6) is 0 Å². The van der Waals surface area contributed by atoms with E-state index in [4.69, 9.17) is 0 Å². The average molecular weight is 471 g/mol. The highest BCUT2D eigenvalue weighted by Gasteiger charge is 2.20. The van der Waals surface area contributed by atoms with Crippen molar-refractivity contribution in [3.8, 4) is 22.3 Å². The number of halogens is 1. The van der Waals surface area contributed by atoms with Gasteiger partial charge in [0.15, 0.2) is 0 Å². The molecule has 1 heteroatoms. The van der Waals surface area contributed by atoms with E-state index in [2.05, 4.69) is 79.7 Å². The van der Waals surface area contributed by atoms with Crippen molar-refractivity contribution in [2.75, 3.05) is 6.67 Å². The van der Waals surface area contributed by atoms with Crippen LogP contribution in [-0.4, -0.2) is 6.67 Å². The van der Waals surface area contributed by atoms with Gasteiger partial charge in [-0.2, -0.15) is 0 Å². The summed E-state index contributed by atoms with van der Waals surface area (Å²) in [5.74, 6) is 1.94. The smallest absolute Gasteiger partial charge is 0.0894 e. The molecule has 1 fully saturated rings. The molecule has 35 heavy (non-hydrogen) atoms. The van der Waals surface area contributed by atoms with Crippen LogP contribution in [0.15, 0.2) is 72.8 Å². The van der Waals surface area contributed by atoms with E-state index in [0.717, 1.165) is 31.1 Å². The third-order valence-electron chi connectivity index (χ3n) is 8.06. The Balaban J connectivity index is 1.27. The highest BCUT2D eigenvalue weighted by atomic mass is 19.1. The quantitative estimate of drug-likeness (QED) is 0.231. The van der Waals surface area contributed by atoms with Gasteiger partial charge in [-0.1, -0.05) is 125 Å². The molecule has 0 amide bonds. The van der Waals surface area contributed by atoms with E-state index < -0.39 is 0 Å². The van der Waals surface area contributed by atoms with E-state index in [1.807, 2.05) is 0 Å². The maximum Gasteiger partial charge on any atom is 0.0894 e. The summed E-state index contributed by atoms with van der Waals surface area (Å²) in [6.45, 7) is 2.13. The minimum absolute atomic E-state index is 0.195. The summed E-state index contributed by atoms with van der Waals surface area (Å²) in [7, 11) is 0. The monoisotopic (exact) mass is 470 g/mol. The van der Waals surface area contributed by atoms with Gasteiger partial charge in [-0.15, -0.1) is 0 Å². The summed E-state index contributed by atoms with van der Waals surface area (Å²) in [4.78, 5) is 0. The molecular formula is C34H43F. The molecule has 0 nitrogen and oxygen atoms in total. The van der Waals surface area contributed by atoms with Gasteiger partial charge in [-0.3, -0.25) is 4.39 Å². The molecule has 0 aromatic heterocycles. The van der Waals surface area contributed by atoms with Crippen LogP contribution in [0.1, 0.15) is 82.3 Å². The van der Waals surface area contributed by atoms with Crippen LogP contribution in [0.3, 0.4) is 0 Å². The topological polar surface area (TPSA) is 0 Å². The van der Waals surface area contributed by atoms with Crippen molar-refractivity contribution in [1.29, 1.82) is 0 Å². The molecule has 4 rings (SSSR count). The molecule has 3 aromatic carbocycles. The Morgan fingerprint density at radius 1 is 0.543 bits per heavy atom. The SMILES string of the molecule is CCCC1CCC(CCc2ccc(-c3ccc(-c4ccc(CCCCCF)cc4)cc3)cc2)CC1. The first-order valence-corrected chi connectivity index (χ1v) is 14.1. The number of rotatable bonds is 12. The molecule has 0 N–H and O–H groups in total.